The largest absolute Gasteiger partial charge is 0.398 e. The molecule has 0 atom stereocenters. The average Bonchev–Trinajstić information content (AvgIpc) is 2.55. The summed E-state index contributed by atoms with van der Waals surface area (Å²) in [6, 6.07) is 12.9. The molecule has 0 aliphatic heterocycles. The summed E-state index contributed by atoms with van der Waals surface area (Å²) in [5.41, 5.74) is 14.6. The molecular weight excluding hydrogens is 312 g/mol. The van der Waals surface area contributed by atoms with E-state index in [1.807, 2.05) is 36.4 Å². The van der Waals surface area contributed by atoms with Crippen LogP contribution in [0, 0.1) is 0 Å². The quantitative estimate of drug-likeness (QED) is 0.382. The molecule has 116 valence electrons. The van der Waals surface area contributed by atoms with Crippen molar-refractivity contribution in [2.45, 2.75) is 0 Å². The van der Waals surface area contributed by atoms with Crippen molar-refractivity contribution in [3.8, 4) is 11.3 Å². The van der Waals surface area contributed by atoms with Crippen molar-refractivity contribution in [1.82, 2.24) is 9.97 Å². The molecule has 1 heterocycles. The smallest absolute Gasteiger partial charge is 0.230 e. The van der Waals surface area contributed by atoms with Gasteiger partial charge in [-0.05, 0) is 24.3 Å². The molecule has 0 unspecified atom stereocenters. The molecule has 0 aliphatic rings. The van der Waals surface area contributed by atoms with Gasteiger partial charge in [-0.1, -0.05) is 29.8 Å². The van der Waals surface area contributed by atoms with Crippen molar-refractivity contribution in [1.29, 1.82) is 0 Å². The highest BCUT2D eigenvalue weighted by atomic mass is 35.5. The highest BCUT2D eigenvalue weighted by Crippen LogP contribution is 2.32. The maximum atomic E-state index is 6.12. The van der Waals surface area contributed by atoms with Crippen molar-refractivity contribution in [2.75, 3.05) is 18.1 Å². The molecule has 0 spiro atoms. The fourth-order valence-electron chi connectivity index (χ4n) is 2.24. The first kappa shape index (κ1) is 15.1. The van der Waals surface area contributed by atoms with Gasteiger partial charge in [0.1, 0.15) is 0 Å². The number of nitrogens with one attached hydrogen (secondary N) is 1. The van der Waals surface area contributed by atoms with Gasteiger partial charge < -0.3 is 11.5 Å². The maximum Gasteiger partial charge on any atom is 0.230 e. The van der Waals surface area contributed by atoms with E-state index >= 15 is 0 Å². The van der Waals surface area contributed by atoms with Crippen LogP contribution >= 0.6 is 11.6 Å². The predicted octanol–water partition coefficient (Wildman–Crippen LogP) is 2.89. The lowest BCUT2D eigenvalue weighted by Gasteiger charge is -2.11. The van der Waals surface area contributed by atoms with E-state index in [2.05, 4.69) is 20.3 Å². The van der Waals surface area contributed by atoms with Gasteiger partial charge in [-0.15, -0.1) is 0 Å². The summed E-state index contributed by atoms with van der Waals surface area (Å²) < 4.78 is 0. The van der Waals surface area contributed by atoms with Gasteiger partial charge in [0.25, 0.3) is 0 Å². The Labute approximate surface area is 138 Å². The van der Waals surface area contributed by atoms with E-state index in [-0.39, 0.29) is 5.96 Å². The Morgan fingerprint density at radius 3 is 2.70 bits per heavy atom. The summed E-state index contributed by atoms with van der Waals surface area (Å²) in [5, 5.41) is 4.28. The molecule has 5 N–H and O–H groups in total. The number of fused-ring (bicyclic) bond motifs is 1. The Bertz CT molecular complexity index is 906. The summed E-state index contributed by atoms with van der Waals surface area (Å²) in [4.78, 5) is 12.8. The highest BCUT2D eigenvalue weighted by molar-refractivity contribution is 6.31. The summed E-state index contributed by atoms with van der Waals surface area (Å²) in [6.07, 6.45) is 0. The molecular formula is C16H15ClN6. The molecule has 7 heteroatoms. The highest BCUT2D eigenvalue weighted by Gasteiger charge is 2.13. The fourth-order valence-corrected chi connectivity index (χ4v) is 2.42. The van der Waals surface area contributed by atoms with Crippen LogP contribution in [0.5, 0.6) is 0 Å². The van der Waals surface area contributed by atoms with Crippen LogP contribution in [0.3, 0.4) is 0 Å². The number of aromatic nitrogens is 2. The van der Waals surface area contributed by atoms with Crippen molar-refractivity contribution >= 4 is 40.1 Å². The Morgan fingerprint density at radius 2 is 1.96 bits per heavy atom. The standard InChI is InChI=1S/C16H15ClN6/c1-20-15(19)23-16-21-13-7-6-9(17)8-11(13)14(22-16)10-4-2-3-5-12(10)18/h2-8H,18H2,1H3,(H3,19,20,21,22,23). The monoisotopic (exact) mass is 326 g/mol. The van der Waals surface area contributed by atoms with Crippen LogP contribution in [-0.2, 0) is 0 Å². The molecule has 0 amide bonds. The van der Waals surface area contributed by atoms with Crippen LogP contribution in [0.15, 0.2) is 47.5 Å². The fraction of sp³-hybridized carbons (Fsp3) is 0.0625. The van der Waals surface area contributed by atoms with Crippen LogP contribution in [0.4, 0.5) is 11.6 Å². The zero-order valence-electron chi connectivity index (χ0n) is 12.4. The van der Waals surface area contributed by atoms with Crippen LogP contribution in [0.2, 0.25) is 5.02 Å². The number of anilines is 2. The molecule has 3 rings (SSSR count). The van der Waals surface area contributed by atoms with Gasteiger partial charge in [0.15, 0.2) is 5.96 Å². The predicted molar refractivity (Wildman–Crippen MR) is 95.6 cm³/mol. The van der Waals surface area contributed by atoms with Crippen LogP contribution in [0.1, 0.15) is 0 Å². The van der Waals surface area contributed by atoms with Gasteiger partial charge in [0.2, 0.25) is 5.95 Å². The zero-order valence-corrected chi connectivity index (χ0v) is 13.2. The number of rotatable bonds is 2. The summed E-state index contributed by atoms with van der Waals surface area (Å²) >= 11 is 6.12. The van der Waals surface area contributed by atoms with Crippen molar-refractivity contribution in [2.24, 2.45) is 10.7 Å². The molecule has 0 fully saturated rings. The Morgan fingerprint density at radius 1 is 1.17 bits per heavy atom. The van der Waals surface area contributed by atoms with E-state index in [1.54, 1.807) is 13.1 Å². The van der Waals surface area contributed by atoms with E-state index in [0.717, 1.165) is 16.5 Å². The number of nitrogens with two attached hydrogens (primary N) is 2. The third-order valence-corrected chi connectivity index (χ3v) is 3.59. The number of para-hydroxylation sites is 1. The number of hydrogen-bond acceptors (Lipinski definition) is 4. The second kappa shape index (κ2) is 6.10. The first-order chi connectivity index (χ1) is 11.1. The molecule has 1 aromatic heterocycles. The Balaban J connectivity index is 2.28. The van der Waals surface area contributed by atoms with Crippen molar-refractivity contribution in [3.63, 3.8) is 0 Å². The van der Waals surface area contributed by atoms with E-state index in [9.17, 15) is 0 Å². The number of benzene rings is 2. The lowest BCUT2D eigenvalue weighted by atomic mass is 10.0. The number of aliphatic imine (C=N–C) groups is 1. The average molecular weight is 327 g/mol. The molecule has 0 saturated carbocycles. The van der Waals surface area contributed by atoms with E-state index in [0.29, 0.717) is 22.4 Å². The number of nitrogens with zero attached hydrogens (tertiary/aromatic N) is 3. The lowest BCUT2D eigenvalue weighted by Crippen LogP contribution is -2.23. The Hall–Kier alpha value is -2.86. The first-order valence-corrected chi connectivity index (χ1v) is 7.27. The van der Waals surface area contributed by atoms with E-state index < -0.39 is 0 Å². The minimum absolute atomic E-state index is 0.227. The molecule has 0 radical (unpaired) electrons. The number of halogens is 1. The molecule has 0 bridgehead atoms. The molecule has 2 aromatic carbocycles. The van der Waals surface area contributed by atoms with Crippen LogP contribution in [-0.4, -0.2) is 23.0 Å². The normalized spacial score (nSPS) is 11.7. The van der Waals surface area contributed by atoms with Crippen molar-refractivity contribution in [3.05, 3.63) is 47.5 Å². The second-order valence-electron chi connectivity index (χ2n) is 4.88. The molecule has 0 saturated heterocycles. The van der Waals surface area contributed by atoms with E-state index in [1.165, 1.54) is 0 Å². The van der Waals surface area contributed by atoms with Gasteiger partial charge in [-0.3, -0.25) is 10.3 Å². The van der Waals surface area contributed by atoms with Crippen molar-refractivity contribution < 1.29 is 0 Å². The number of nitrogen functional groups attached to an aromatic ring is 1. The minimum Gasteiger partial charge on any atom is -0.398 e. The van der Waals surface area contributed by atoms with Gasteiger partial charge in [-0.25, -0.2) is 9.97 Å². The molecule has 23 heavy (non-hydrogen) atoms. The third kappa shape index (κ3) is 3.02. The van der Waals surface area contributed by atoms with Gasteiger partial charge in [-0.2, -0.15) is 0 Å². The minimum atomic E-state index is 0.227. The van der Waals surface area contributed by atoms with Gasteiger partial charge >= 0.3 is 0 Å². The topological polar surface area (TPSA) is 102 Å². The van der Waals surface area contributed by atoms with Crippen LogP contribution in [0.25, 0.3) is 22.2 Å². The van der Waals surface area contributed by atoms with Gasteiger partial charge in [0, 0.05) is 28.7 Å². The second-order valence-corrected chi connectivity index (χ2v) is 5.31. The number of guanidine groups is 1. The molecule has 3 aromatic rings. The van der Waals surface area contributed by atoms with Crippen LogP contribution < -0.4 is 16.8 Å². The Kier molecular flexibility index (Phi) is 3.99. The summed E-state index contributed by atoms with van der Waals surface area (Å²) in [5.74, 6) is 0.575. The summed E-state index contributed by atoms with van der Waals surface area (Å²) in [6.45, 7) is 0. The molecule has 0 aliphatic carbocycles. The lowest BCUT2D eigenvalue weighted by molar-refractivity contribution is 1.21. The van der Waals surface area contributed by atoms with Gasteiger partial charge in [0.05, 0.1) is 11.2 Å². The molecule has 6 nitrogen and oxygen atoms in total. The zero-order chi connectivity index (χ0) is 16.4. The number of hydrogen-bond donors (Lipinski definition) is 3. The maximum absolute atomic E-state index is 6.12. The SMILES string of the molecule is CN=C(N)Nc1nc(-c2ccccc2N)c2cc(Cl)ccc2n1. The third-order valence-electron chi connectivity index (χ3n) is 3.35. The van der Waals surface area contributed by atoms with E-state index in [4.69, 9.17) is 23.1 Å². The first-order valence-electron chi connectivity index (χ1n) is 6.90. The summed E-state index contributed by atoms with van der Waals surface area (Å²) in [7, 11) is 1.58.